The zero-order chi connectivity index (χ0) is 12.0. The first kappa shape index (κ1) is 12.3. The summed E-state index contributed by atoms with van der Waals surface area (Å²) >= 11 is 5.58. The SMILES string of the molecule is N#Cc1ccc(F)c(CN/C(=C\N)CCl)c1. The fourth-order valence-electron chi connectivity index (χ4n) is 1.14. The Balaban J connectivity index is 2.77. The van der Waals surface area contributed by atoms with E-state index >= 15 is 0 Å². The molecule has 0 aliphatic carbocycles. The van der Waals surface area contributed by atoms with Gasteiger partial charge in [-0.2, -0.15) is 5.26 Å². The maximum atomic E-state index is 13.3. The molecule has 0 heterocycles. The summed E-state index contributed by atoms with van der Waals surface area (Å²) in [5.41, 5.74) is 6.73. The molecule has 0 atom stereocenters. The van der Waals surface area contributed by atoms with Crippen LogP contribution in [0.4, 0.5) is 4.39 Å². The molecule has 0 spiro atoms. The standard InChI is InChI=1S/C11H11ClFN3/c12-4-10(6-15)16-7-9-3-8(5-14)1-2-11(9)13/h1-3,6,16H,4,7,15H2/b10-6-. The molecular weight excluding hydrogens is 229 g/mol. The summed E-state index contributed by atoms with van der Waals surface area (Å²) in [7, 11) is 0. The minimum Gasteiger partial charge on any atom is -0.403 e. The van der Waals surface area contributed by atoms with Gasteiger partial charge in [0.25, 0.3) is 0 Å². The lowest BCUT2D eigenvalue weighted by molar-refractivity contribution is 0.601. The summed E-state index contributed by atoms with van der Waals surface area (Å²) in [6, 6.07) is 6.14. The monoisotopic (exact) mass is 239 g/mol. The van der Waals surface area contributed by atoms with Crippen LogP contribution >= 0.6 is 11.6 Å². The van der Waals surface area contributed by atoms with Gasteiger partial charge in [0.15, 0.2) is 0 Å². The fourth-order valence-corrected chi connectivity index (χ4v) is 1.32. The van der Waals surface area contributed by atoms with Crippen molar-refractivity contribution in [3.63, 3.8) is 0 Å². The number of allylic oxidation sites excluding steroid dienone is 1. The molecule has 0 aliphatic rings. The molecule has 0 unspecified atom stereocenters. The zero-order valence-electron chi connectivity index (χ0n) is 8.50. The summed E-state index contributed by atoms with van der Waals surface area (Å²) in [6.45, 7) is 0.247. The molecule has 84 valence electrons. The number of nitrogens with zero attached hydrogens (tertiary/aromatic N) is 1. The molecule has 5 heteroatoms. The van der Waals surface area contributed by atoms with E-state index in [1.807, 2.05) is 6.07 Å². The summed E-state index contributed by atoms with van der Waals surface area (Å²) in [6.07, 6.45) is 1.33. The van der Waals surface area contributed by atoms with Crippen molar-refractivity contribution in [2.24, 2.45) is 5.73 Å². The van der Waals surface area contributed by atoms with Crippen LogP contribution < -0.4 is 11.1 Å². The van der Waals surface area contributed by atoms with Crippen molar-refractivity contribution in [2.75, 3.05) is 5.88 Å². The lowest BCUT2D eigenvalue weighted by Crippen LogP contribution is -2.16. The summed E-state index contributed by atoms with van der Waals surface area (Å²) in [4.78, 5) is 0. The number of rotatable bonds is 4. The van der Waals surface area contributed by atoms with Crippen molar-refractivity contribution < 1.29 is 4.39 Å². The molecule has 1 aromatic carbocycles. The first-order valence-corrected chi connectivity index (χ1v) is 5.14. The quantitative estimate of drug-likeness (QED) is 0.788. The number of hydrogen-bond donors (Lipinski definition) is 2. The van der Waals surface area contributed by atoms with Crippen LogP contribution in [0.15, 0.2) is 30.1 Å². The second kappa shape index (κ2) is 5.99. The van der Waals surface area contributed by atoms with Gasteiger partial charge < -0.3 is 11.1 Å². The molecule has 0 bridgehead atoms. The Morgan fingerprint density at radius 1 is 1.62 bits per heavy atom. The maximum absolute atomic E-state index is 13.3. The van der Waals surface area contributed by atoms with Gasteiger partial charge in [-0.25, -0.2) is 4.39 Å². The van der Waals surface area contributed by atoms with Crippen molar-refractivity contribution >= 4 is 11.6 Å². The smallest absolute Gasteiger partial charge is 0.128 e. The topological polar surface area (TPSA) is 61.8 Å². The van der Waals surface area contributed by atoms with Crippen LogP contribution in [0.5, 0.6) is 0 Å². The molecule has 0 saturated carbocycles. The predicted octanol–water partition coefficient (Wildman–Crippen LogP) is 1.83. The van der Waals surface area contributed by atoms with Crippen molar-refractivity contribution in [3.8, 4) is 6.07 Å². The summed E-state index contributed by atoms with van der Waals surface area (Å²) in [5.74, 6) is -0.131. The molecule has 1 aromatic rings. The molecule has 0 aromatic heterocycles. The van der Waals surface area contributed by atoms with E-state index in [-0.39, 0.29) is 18.2 Å². The van der Waals surface area contributed by atoms with E-state index in [9.17, 15) is 4.39 Å². The van der Waals surface area contributed by atoms with Crippen molar-refractivity contribution in [2.45, 2.75) is 6.54 Å². The molecule has 0 saturated heterocycles. The minimum atomic E-state index is -0.363. The number of hydrogen-bond acceptors (Lipinski definition) is 3. The van der Waals surface area contributed by atoms with Gasteiger partial charge in [-0.15, -0.1) is 11.6 Å². The van der Waals surface area contributed by atoms with Gasteiger partial charge >= 0.3 is 0 Å². The molecule has 0 aliphatic heterocycles. The Hall–Kier alpha value is -1.73. The third-order valence-corrected chi connectivity index (χ3v) is 2.31. The Morgan fingerprint density at radius 2 is 2.38 bits per heavy atom. The van der Waals surface area contributed by atoms with Gasteiger partial charge in [-0.3, -0.25) is 0 Å². The lowest BCUT2D eigenvalue weighted by Gasteiger charge is -2.08. The van der Waals surface area contributed by atoms with E-state index < -0.39 is 0 Å². The lowest BCUT2D eigenvalue weighted by atomic mass is 10.1. The Labute approximate surface area is 98.3 Å². The van der Waals surface area contributed by atoms with Crippen LogP contribution in [0.3, 0.4) is 0 Å². The second-order valence-electron chi connectivity index (χ2n) is 3.10. The highest BCUT2D eigenvalue weighted by Crippen LogP contribution is 2.10. The van der Waals surface area contributed by atoms with E-state index in [0.717, 1.165) is 0 Å². The van der Waals surface area contributed by atoms with E-state index in [2.05, 4.69) is 5.32 Å². The molecule has 3 N–H and O–H groups in total. The number of halogens is 2. The van der Waals surface area contributed by atoms with Gasteiger partial charge in [0.1, 0.15) is 5.82 Å². The number of nitrogens with one attached hydrogen (secondary N) is 1. The number of nitrogens with two attached hydrogens (primary N) is 1. The van der Waals surface area contributed by atoms with Crippen LogP contribution in [0.25, 0.3) is 0 Å². The van der Waals surface area contributed by atoms with Crippen LogP contribution in [-0.2, 0) is 6.54 Å². The van der Waals surface area contributed by atoms with Crippen molar-refractivity contribution in [1.82, 2.24) is 5.32 Å². The largest absolute Gasteiger partial charge is 0.403 e. The van der Waals surface area contributed by atoms with Crippen molar-refractivity contribution in [1.29, 1.82) is 5.26 Å². The summed E-state index contributed by atoms with van der Waals surface area (Å²) < 4.78 is 13.3. The summed E-state index contributed by atoms with van der Waals surface area (Å²) in [5, 5.41) is 11.6. The van der Waals surface area contributed by atoms with Gasteiger partial charge in [0.2, 0.25) is 0 Å². The third kappa shape index (κ3) is 3.14. The first-order chi connectivity index (χ1) is 7.71. The molecule has 0 amide bonds. The second-order valence-corrected chi connectivity index (χ2v) is 3.36. The Kier molecular flexibility index (Phi) is 4.62. The Bertz CT molecular complexity index is 437. The number of benzene rings is 1. The van der Waals surface area contributed by atoms with E-state index in [0.29, 0.717) is 16.8 Å². The van der Waals surface area contributed by atoms with E-state index in [1.54, 1.807) is 0 Å². The Morgan fingerprint density at radius 3 is 2.94 bits per heavy atom. The van der Waals surface area contributed by atoms with Crippen molar-refractivity contribution in [3.05, 3.63) is 47.0 Å². The maximum Gasteiger partial charge on any atom is 0.128 e. The highest BCUT2D eigenvalue weighted by Gasteiger charge is 2.04. The fraction of sp³-hybridized carbons (Fsp3) is 0.182. The third-order valence-electron chi connectivity index (χ3n) is 2.03. The van der Waals surface area contributed by atoms with Gasteiger partial charge in [-0.05, 0) is 18.2 Å². The van der Waals surface area contributed by atoms with Crippen LogP contribution in [-0.4, -0.2) is 5.88 Å². The first-order valence-electron chi connectivity index (χ1n) is 4.60. The zero-order valence-corrected chi connectivity index (χ0v) is 9.26. The molecule has 0 radical (unpaired) electrons. The molecule has 16 heavy (non-hydrogen) atoms. The predicted molar refractivity (Wildman–Crippen MR) is 60.9 cm³/mol. The van der Waals surface area contributed by atoms with E-state index in [1.165, 1.54) is 24.4 Å². The van der Waals surface area contributed by atoms with Crippen LogP contribution in [0.1, 0.15) is 11.1 Å². The van der Waals surface area contributed by atoms with E-state index in [4.69, 9.17) is 22.6 Å². The minimum absolute atomic E-state index is 0.232. The molecular formula is C11H11ClFN3. The average Bonchev–Trinajstić information content (AvgIpc) is 2.32. The molecule has 3 nitrogen and oxygen atoms in total. The van der Waals surface area contributed by atoms with Crippen LogP contribution in [0.2, 0.25) is 0 Å². The van der Waals surface area contributed by atoms with Gasteiger partial charge in [0.05, 0.1) is 17.5 Å². The molecule has 1 rings (SSSR count). The number of nitriles is 1. The van der Waals surface area contributed by atoms with Crippen LogP contribution in [0, 0.1) is 17.1 Å². The normalized spacial score (nSPS) is 10.9. The average molecular weight is 240 g/mol. The molecule has 0 fully saturated rings. The van der Waals surface area contributed by atoms with Gasteiger partial charge in [-0.1, -0.05) is 0 Å². The van der Waals surface area contributed by atoms with Gasteiger partial charge in [0, 0.05) is 24.0 Å². The number of alkyl halides is 1. The highest BCUT2D eigenvalue weighted by molar-refractivity contribution is 6.19. The highest BCUT2D eigenvalue weighted by atomic mass is 35.5.